The quantitative estimate of drug-likeness (QED) is 0.368. The van der Waals surface area contributed by atoms with Crippen molar-refractivity contribution in [2.45, 2.75) is 13.8 Å². The predicted molar refractivity (Wildman–Crippen MR) is 72.9 cm³/mol. The minimum Gasteiger partial charge on any atom is -0.445 e. The molecule has 0 aromatic carbocycles. The third kappa shape index (κ3) is 4.67. The number of anilines is 1. The summed E-state index contributed by atoms with van der Waals surface area (Å²) in [6, 6.07) is 1.75. The van der Waals surface area contributed by atoms with Gasteiger partial charge in [0.05, 0.1) is 0 Å². The number of aryl methyl sites for hydroxylation is 2. The summed E-state index contributed by atoms with van der Waals surface area (Å²) in [5.41, 5.74) is 1.39. The van der Waals surface area contributed by atoms with Gasteiger partial charge in [0.15, 0.2) is 6.61 Å². The summed E-state index contributed by atoms with van der Waals surface area (Å²) in [7, 11) is 0. The molecule has 0 bridgehead atoms. The fourth-order valence-electron chi connectivity index (χ4n) is 1.13. The molecular weight excluding hydrogens is 349 g/mol. The zero-order valence-electron chi connectivity index (χ0n) is 9.78. The maximum Gasteiger partial charge on any atom is 0.398 e. The standard InChI is InChI=1S/C11H10IN3O3/c1-7-6-8(2)14-11(13-7)15-9(16)10(17)18-5-3-4-12/h6H,5H2,1-2H3,(H,13,14,15,16). The monoisotopic (exact) mass is 359 g/mol. The first kappa shape index (κ1) is 14.4. The van der Waals surface area contributed by atoms with E-state index in [0.717, 1.165) is 0 Å². The van der Waals surface area contributed by atoms with E-state index in [1.54, 1.807) is 42.5 Å². The molecule has 0 radical (unpaired) electrons. The first-order chi connectivity index (χ1) is 8.52. The number of rotatable bonds is 2. The number of carbonyl (C=O) groups excluding carboxylic acids is 2. The maximum atomic E-state index is 11.4. The Morgan fingerprint density at radius 1 is 1.39 bits per heavy atom. The Kier molecular flexibility index (Phi) is 5.51. The molecule has 0 aliphatic heterocycles. The van der Waals surface area contributed by atoms with Crippen molar-refractivity contribution in [3.63, 3.8) is 0 Å². The van der Waals surface area contributed by atoms with Gasteiger partial charge >= 0.3 is 11.9 Å². The van der Waals surface area contributed by atoms with Crippen LogP contribution in [0.2, 0.25) is 0 Å². The van der Waals surface area contributed by atoms with E-state index < -0.39 is 11.9 Å². The van der Waals surface area contributed by atoms with Gasteiger partial charge in [0.2, 0.25) is 5.95 Å². The minimum absolute atomic E-state index is 0.0782. The number of nitrogens with one attached hydrogen (secondary N) is 1. The summed E-state index contributed by atoms with van der Waals surface area (Å²) in [6.45, 7) is 3.40. The molecule has 6 nitrogen and oxygen atoms in total. The minimum atomic E-state index is -1.02. The lowest BCUT2D eigenvalue weighted by atomic mass is 10.4. The van der Waals surface area contributed by atoms with Crippen molar-refractivity contribution < 1.29 is 14.3 Å². The molecule has 1 amide bonds. The average molecular weight is 359 g/mol. The Morgan fingerprint density at radius 3 is 2.56 bits per heavy atom. The van der Waals surface area contributed by atoms with E-state index >= 15 is 0 Å². The summed E-state index contributed by atoms with van der Waals surface area (Å²) < 4.78 is 7.10. The number of hydrogen-bond donors (Lipinski definition) is 1. The molecule has 1 aromatic heterocycles. The number of carbonyl (C=O) groups is 2. The summed E-state index contributed by atoms with van der Waals surface area (Å²) in [4.78, 5) is 30.6. The van der Waals surface area contributed by atoms with E-state index in [1.165, 1.54) is 0 Å². The van der Waals surface area contributed by atoms with Crippen LogP contribution in [0.4, 0.5) is 5.95 Å². The summed E-state index contributed by atoms with van der Waals surface area (Å²) in [5.74, 6) is 0.639. The molecule has 18 heavy (non-hydrogen) atoms. The zero-order chi connectivity index (χ0) is 13.5. The number of aromatic nitrogens is 2. The highest BCUT2D eigenvalue weighted by Crippen LogP contribution is 2.03. The molecular formula is C11H10IN3O3. The van der Waals surface area contributed by atoms with E-state index in [-0.39, 0.29) is 12.6 Å². The van der Waals surface area contributed by atoms with E-state index in [4.69, 9.17) is 0 Å². The lowest BCUT2D eigenvalue weighted by Gasteiger charge is -2.04. The Hall–Kier alpha value is -1.69. The molecule has 1 heterocycles. The molecule has 0 aliphatic carbocycles. The van der Waals surface area contributed by atoms with Crippen LogP contribution in [-0.4, -0.2) is 28.5 Å². The number of halogens is 1. The highest BCUT2D eigenvalue weighted by molar-refractivity contribution is 14.1. The van der Waals surface area contributed by atoms with Crippen molar-refractivity contribution in [2.24, 2.45) is 0 Å². The Morgan fingerprint density at radius 2 is 2.00 bits per heavy atom. The second kappa shape index (κ2) is 6.90. The SMILES string of the molecule is Cc1cc(C)nc(NC(=O)C(=O)OCC#CI)n1. The summed E-state index contributed by atoms with van der Waals surface area (Å²) >= 11 is 1.80. The molecule has 0 spiro atoms. The number of hydrogen-bond acceptors (Lipinski definition) is 5. The molecule has 0 fully saturated rings. The van der Waals surface area contributed by atoms with Crippen molar-refractivity contribution in [1.82, 2.24) is 9.97 Å². The lowest BCUT2D eigenvalue weighted by molar-refractivity contribution is -0.151. The molecule has 0 saturated carbocycles. The van der Waals surface area contributed by atoms with Gasteiger partial charge in [-0.05, 0) is 23.8 Å². The highest BCUT2D eigenvalue weighted by atomic mass is 127. The van der Waals surface area contributed by atoms with Gasteiger partial charge in [-0.2, -0.15) is 0 Å². The first-order valence-electron chi connectivity index (χ1n) is 4.92. The van der Waals surface area contributed by atoms with Crippen LogP contribution in [0.25, 0.3) is 0 Å². The summed E-state index contributed by atoms with van der Waals surface area (Å²) in [5, 5.41) is 2.26. The molecule has 0 unspecified atom stereocenters. The summed E-state index contributed by atoms with van der Waals surface area (Å²) in [6.07, 6.45) is 0. The van der Waals surface area contributed by atoms with Crippen LogP contribution in [0.15, 0.2) is 6.07 Å². The van der Waals surface area contributed by atoms with E-state index in [0.29, 0.717) is 11.4 Å². The van der Waals surface area contributed by atoms with Gasteiger partial charge in [-0.15, -0.1) is 0 Å². The third-order valence-electron chi connectivity index (χ3n) is 1.74. The van der Waals surface area contributed by atoms with Gasteiger partial charge in [-0.3, -0.25) is 10.1 Å². The van der Waals surface area contributed by atoms with Gasteiger partial charge in [0, 0.05) is 34.0 Å². The lowest BCUT2D eigenvalue weighted by Crippen LogP contribution is -2.26. The van der Waals surface area contributed by atoms with Crippen LogP contribution >= 0.6 is 22.6 Å². The molecule has 1 N–H and O–H groups in total. The largest absolute Gasteiger partial charge is 0.445 e. The number of ether oxygens (including phenoxy) is 1. The Balaban J connectivity index is 2.62. The normalized spacial score (nSPS) is 9.06. The number of nitrogens with zero attached hydrogens (tertiary/aromatic N) is 2. The average Bonchev–Trinajstić information content (AvgIpc) is 2.27. The molecule has 94 valence electrons. The highest BCUT2D eigenvalue weighted by Gasteiger charge is 2.16. The Labute approximate surface area is 118 Å². The second-order valence-electron chi connectivity index (χ2n) is 3.28. The van der Waals surface area contributed by atoms with E-state index in [2.05, 4.69) is 29.9 Å². The maximum absolute atomic E-state index is 11.4. The van der Waals surface area contributed by atoms with Gasteiger partial charge in [0.1, 0.15) is 0 Å². The van der Waals surface area contributed by atoms with Crippen molar-refractivity contribution >= 4 is 40.4 Å². The smallest absolute Gasteiger partial charge is 0.398 e. The van der Waals surface area contributed by atoms with E-state index in [9.17, 15) is 9.59 Å². The third-order valence-corrected chi connectivity index (χ3v) is 2.12. The number of amides is 1. The van der Waals surface area contributed by atoms with Crippen molar-refractivity contribution in [3.05, 3.63) is 17.5 Å². The van der Waals surface area contributed by atoms with Crippen LogP contribution in [-0.2, 0) is 14.3 Å². The van der Waals surface area contributed by atoms with Crippen LogP contribution in [0.3, 0.4) is 0 Å². The topological polar surface area (TPSA) is 81.2 Å². The van der Waals surface area contributed by atoms with Crippen LogP contribution < -0.4 is 5.32 Å². The number of esters is 1. The van der Waals surface area contributed by atoms with Gasteiger partial charge < -0.3 is 4.74 Å². The Bertz CT molecular complexity index is 514. The fraction of sp³-hybridized carbons (Fsp3) is 0.273. The van der Waals surface area contributed by atoms with Gasteiger partial charge in [-0.1, -0.05) is 5.92 Å². The first-order valence-corrected chi connectivity index (χ1v) is 5.99. The zero-order valence-corrected chi connectivity index (χ0v) is 11.9. The molecule has 1 rings (SSSR count). The van der Waals surface area contributed by atoms with Crippen molar-refractivity contribution in [1.29, 1.82) is 0 Å². The molecule has 0 aliphatic rings. The van der Waals surface area contributed by atoms with Crippen molar-refractivity contribution in [3.8, 4) is 9.85 Å². The molecule has 7 heteroatoms. The van der Waals surface area contributed by atoms with Gasteiger partial charge in [0.25, 0.3) is 0 Å². The van der Waals surface area contributed by atoms with Crippen LogP contribution in [0.1, 0.15) is 11.4 Å². The predicted octanol–water partition coefficient (Wildman–Crippen LogP) is 0.971. The molecule has 0 atom stereocenters. The fourth-order valence-corrected chi connectivity index (χ4v) is 1.28. The van der Waals surface area contributed by atoms with Crippen molar-refractivity contribution in [2.75, 3.05) is 11.9 Å². The van der Waals surface area contributed by atoms with Gasteiger partial charge in [-0.25, -0.2) is 14.8 Å². The van der Waals surface area contributed by atoms with E-state index in [1.807, 2.05) is 0 Å². The second-order valence-corrected chi connectivity index (χ2v) is 3.82. The molecule has 1 aromatic rings. The molecule has 0 saturated heterocycles. The van der Waals surface area contributed by atoms with Crippen LogP contribution in [0, 0.1) is 23.7 Å². The van der Waals surface area contributed by atoms with Crippen LogP contribution in [0.5, 0.6) is 0 Å².